The topological polar surface area (TPSA) is 126 Å². The molecule has 0 aromatic heterocycles. The van der Waals surface area contributed by atoms with Gasteiger partial charge in [-0.05, 0) is 0 Å². The van der Waals surface area contributed by atoms with Gasteiger partial charge in [-0.2, -0.15) is 0 Å². The Kier molecular flexibility index (Phi) is 4.44. The molecule has 5 atom stereocenters. The van der Waals surface area contributed by atoms with Crippen LogP contribution in [-0.4, -0.2) is 71.0 Å². The highest BCUT2D eigenvalue weighted by atomic mass is 16.7. The minimum atomic E-state index is -1.65. The summed E-state index contributed by atoms with van der Waals surface area (Å²) in [6.07, 6.45) is -8.41. The van der Waals surface area contributed by atoms with Gasteiger partial charge in [0.15, 0.2) is 6.29 Å². The molecule has 0 aliphatic carbocycles. The molecule has 1 heterocycles. The Labute approximate surface area is 91.0 Å². The van der Waals surface area contributed by atoms with E-state index < -0.39 is 43.5 Å². The van der Waals surface area contributed by atoms with Crippen LogP contribution in [0.2, 0.25) is 0 Å². The van der Waals surface area contributed by atoms with Crippen LogP contribution in [0.3, 0.4) is 0 Å². The molecule has 1 saturated heterocycles. The summed E-state index contributed by atoms with van der Waals surface area (Å²) in [4.78, 5) is 10.6. The third kappa shape index (κ3) is 2.80. The molecule has 0 amide bonds. The zero-order valence-electron chi connectivity index (χ0n) is 8.52. The van der Waals surface area contributed by atoms with Crippen molar-refractivity contribution < 1.29 is 39.4 Å². The molecule has 1 aliphatic rings. The normalized spacial score (nSPS) is 39.2. The van der Waals surface area contributed by atoms with Crippen molar-refractivity contribution in [2.45, 2.75) is 30.7 Å². The second kappa shape index (κ2) is 5.41. The Morgan fingerprint density at radius 3 is 2.38 bits per heavy atom. The summed E-state index contributed by atoms with van der Waals surface area (Å²) in [6, 6.07) is 0. The lowest BCUT2D eigenvalue weighted by atomic mass is 9.99. The van der Waals surface area contributed by atoms with E-state index in [-0.39, 0.29) is 0 Å². The molecule has 16 heavy (non-hydrogen) atoms. The van der Waals surface area contributed by atoms with Crippen molar-refractivity contribution in [3.63, 3.8) is 0 Å². The number of hydrogen-bond acceptors (Lipinski definition) is 8. The number of rotatable bonds is 2. The van der Waals surface area contributed by atoms with E-state index in [9.17, 15) is 15.0 Å². The molecule has 0 spiro atoms. The van der Waals surface area contributed by atoms with Crippen LogP contribution >= 0.6 is 0 Å². The summed E-state index contributed by atoms with van der Waals surface area (Å²) < 4.78 is 13.4. The summed E-state index contributed by atoms with van der Waals surface area (Å²) in [5, 5.41) is 37.0. The zero-order valence-corrected chi connectivity index (χ0v) is 8.52. The van der Waals surface area contributed by atoms with Crippen molar-refractivity contribution >= 4 is 6.16 Å². The maximum atomic E-state index is 10.6. The monoisotopic (exact) mass is 238 g/mol. The Morgan fingerprint density at radius 1 is 1.19 bits per heavy atom. The Balaban J connectivity index is 2.50. The van der Waals surface area contributed by atoms with Crippen molar-refractivity contribution in [3.05, 3.63) is 0 Å². The molecule has 0 bridgehead atoms. The fraction of sp³-hybridized carbons (Fsp3) is 0.875. The quantitative estimate of drug-likeness (QED) is 0.391. The number of carbonyl (C=O) groups is 1. The van der Waals surface area contributed by atoms with Crippen molar-refractivity contribution in [3.8, 4) is 0 Å². The van der Waals surface area contributed by atoms with Crippen LogP contribution in [-0.2, 0) is 14.2 Å². The molecule has 0 aromatic carbocycles. The average Bonchev–Trinajstić information content (AvgIpc) is 2.28. The van der Waals surface area contributed by atoms with Crippen molar-refractivity contribution in [1.82, 2.24) is 0 Å². The van der Waals surface area contributed by atoms with E-state index in [0.29, 0.717) is 0 Å². The summed E-state index contributed by atoms with van der Waals surface area (Å²) in [5.74, 6) is 0. The molecule has 1 rings (SSSR count). The molecule has 1 fully saturated rings. The second-order valence-corrected chi connectivity index (χ2v) is 3.30. The fourth-order valence-electron chi connectivity index (χ4n) is 1.28. The first-order valence-corrected chi connectivity index (χ1v) is 4.56. The van der Waals surface area contributed by atoms with E-state index in [1.807, 2.05) is 0 Å². The van der Waals surface area contributed by atoms with Gasteiger partial charge in [-0.3, -0.25) is 0 Å². The summed E-state index contributed by atoms with van der Waals surface area (Å²) in [7, 11) is 1.11. The maximum absolute atomic E-state index is 10.6. The van der Waals surface area contributed by atoms with Crippen molar-refractivity contribution in [2.75, 3.05) is 13.7 Å². The highest BCUT2D eigenvalue weighted by molar-refractivity contribution is 5.59. The van der Waals surface area contributed by atoms with Gasteiger partial charge in [-0.1, -0.05) is 0 Å². The first-order valence-electron chi connectivity index (χ1n) is 4.56. The van der Waals surface area contributed by atoms with E-state index in [4.69, 9.17) is 14.9 Å². The smallest absolute Gasteiger partial charge is 0.438 e. The van der Waals surface area contributed by atoms with Crippen LogP contribution in [0.15, 0.2) is 0 Å². The van der Waals surface area contributed by atoms with E-state index in [0.717, 1.165) is 7.11 Å². The SMILES string of the molecule is COC(=O)OC[C@H]1OC(O)[C@H](O)[C@@H](O)[C@H]1O. The molecule has 8 nitrogen and oxygen atoms in total. The number of aliphatic hydroxyl groups excluding tert-OH is 4. The molecule has 0 saturated carbocycles. The minimum Gasteiger partial charge on any atom is -0.438 e. The highest BCUT2D eigenvalue weighted by Crippen LogP contribution is 2.19. The molecule has 1 aliphatic heterocycles. The molecule has 8 heteroatoms. The summed E-state index contributed by atoms with van der Waals surface area (Å²) >= 11 is 0. The van der Waals surface area contributed by atoms with E-state index in [1.165, 1.54) is 0 Å². The lowest BCUT2D eigenvalue weighted by molar-refractivity contribution is -0.286. The maximum Gasteiger partial charge on any atom is 0.508 e. The van der Waals surface area contributed by atoms with Gasteiger partial charge in [0.25, 0.3) is 0 Å². The number of methoxy groups -OCH3 is 1. The van der Waals surface area contributed by atoms with Gasteiger partial charge in [-0.25, -0.2) is 4.79 Å². The van der Waals surface area contributed by atoms with Gasteiger partial charge < -0.3 is 34.6 Å². The third-order valence-corrected chi connectivity index (χ3v) is 2.22. The largest absolute Gasteiger partial charge is 0.508 e. The first-order chi connectivity index (χ1) is 7.47. The first kappa shape index (κ1) is 13.1. The molecule has 94 valence electrons. The molecule has 4 N–H and O–H groups in total. The molecule has 1 unspecified atom stereocenters. The highest BCUT2D eigenvalue weighted by Gasteiger charge is 2.43. The van der Waals surface area contributed by atoms with E-state index in [2.05, 4.69) is 9.47 Å². The summed E-state index contributed by atoms with van der Waals surface area (Å²) in [6.45, 7) is -0.408. The van der Waals surface area contributed by atoms with Crippen molar-refractivity contribution in [1.29, 1.82) is 0 Å². The van der Waals surface area contributed by atoms with Crippen LogP contribution in [0.5, 0.6) is 0 Å². The van der Waals surface area contributed by atoms with Gasteiger partial charge in [0.05, 0.1) is 7.11 Å². The Hall–Kier alpha value is -0.930. The molecular formula is C8H14O8. The van der Waals surface area contributed by atoms with Crippen LogP contribution < -0.4 is 0 Å². The van der Waals surface area contributed by atoms with Gasteiger partial charge in [0.2, 0.25) is 0 Å². The number of carbonyl (C=O) groups excluding carboxylic acids is 1. The zero-order chi connectivity index (χ0) is 12.3. The number of ether oxygens (including phenoxy) is 3. The lowest BCUT2D eigenvalue weighted by Crippen LogP contribution is -2.58. The third-order valence-electron chi connectivity index (χ3n) is 2.22. The van der Waals surface area contributed by atoms with Crippen LogP contribution in [0.25, 0.3) is 0 Å². The molecule has 0 radical (unpaired) electrons. The molecule has 0 aromatic rings. The summed E-state index contributed by atoms with van der Waals surface area (Å²) in [5.41, 5.74) is 0. The predicted molar refractivity (Wildman–Crippen MR) is 47.3 cm³/mol. The Morgan fingerprint density at radius 2 is 1.81 bits per heavy atom. The van der Waals surface area contributed by atoms with Crippen LogP contribution in [0.1, 0.15) is 0 Å². The van der Waals surface area contributed by atoms with E-state index in [1.54, 1.807) is 0 Å². The van der Waals surface area contributed by atoms with Gasteiger partial charge in [-0.15, -0.1) is 0 Å². The van der Waals surface area contributed by atoms with Crippen LogP contribution in [0, 0.1) is 0 Å². The second-order valence-electron chi connectivity index (χ2n) is 3.30. The Bertz CT molecular complexity index is 244. The number of hydrogen-bond donors (Lipinski definition) is 4. The molecular weight excluding hydrogens is 224 g/mol. The number of aliphatic hydroxyl groups is 4. The lowest BCUT2D eigenvalue weighted by Gasteiger charge is -2.37. The van der Waals surface area contributed by atoms with Gasteiger partial charge in [0, 0.05) is 0 Å². The predicted octanol–water partition coefficient (Wildman–Crippen LogP) is -2.43. The van der Waals surface area contributed by atoms with Gasteiger partial charge >= 0.3 is 6.16 Å². The minimum absolute atomic E-state index is 0.408. The van der Waals surface area contributed by atoms with Crippen molar-refractivity contribution in [2.24, 2.45) is 0 Å². The fourth-order valence-corrected chi connectivity index (χ4v) is 1.28. The average molecular weight is 238 g/mol. The van der Waals surface area contributed by atoms with Gasteiger partial charge in [0.1, 0.15) is 31.0 Å². The standard InChI is InChI=1S/C8H14O8/c1-14-8(13)15-2-3-4(9)5(10)6(11)7(12)16-3/h3-7,9-12H,2H2,1H3/t3-,4+,5+,6-,7?/m1/s1. The van der Waals surface area contributed by atoms with Crippen LogP contribution in [0.4, 0.5) is 4.79 Å². The van der Waals surface area contributed by atoms with E-state index >= 15 is 0 Å².